The molecule has 0 saturated heterocycles. The quantitative estimate of drug-likeness (QED) is 0.793. The van der Waals surface area contributed by atoms with Crippen molar-refractivity contribution in [3.05, 3.63) is 42.0 Å². The first-order valence-electron chi connectivity index (χ1n) is 4.13. The standard InChI is InChI=1S/C11H8O3.Ag/c12-10-6-8-4-2-1-3-7(8)5-9(10)11(13)14;/h1-6,12H,(H,13,14);. The number of carboxylic acid groups (broad SMARTS) is 1. The summed E-state index contributed by atoms with van der Waals surface area (Å²) in [4.78, 5) is 10.7. The van der Waals surface area contributed by atoms with Crippen LogP contribution in [0.2, 0.25) is 0 Å². The summed E-state index contributed by atoms with van der Waals surface area (Å²) in [5.74, 6) is -1.32. The molecule has 2 aromatic carbocycles. The van der Waals surface area contributed by atoms with E-state index < -0.39 is 5.97 Å². The van der Waals surface area contributed by atoms with E-state index in [9.17, 15) is 9.90 Å². The first-order chi connectivity index (χ1) is 6.68. The molecule has 4 heteroatoms. The van der Waals surface area contributed by atoms with E-state index in [1.807, 2.05) is 18.2 Å². The van der Waals surface area contributed by atoms with Crippen LogP contribution in [0.5, 0.6) is 5.75 Å². The van der Waals surface area contributed by atoms with Gasteiger partial charge >= 0.3 is 5.97 Å². The van der Waals surface area contributed by atoms with Crippen molar-refractivity contribution >= 4 is 16.7 Å². The van der Waals surface area contributed by atoms with Crippen molar-refractivity contribution in [3.63, 3.8) is 0 Å². The molecule has 1 radical (unpaired) electrons. The number of carbonyl (C=O) groups is 1. The predicted octanol–water partition coefficient (Wildman–Crippen LogP) is 2.24. The smallest absolute Gasteiger partial charge is 0.339 e. The van der Waals surface area contributed by atoms with Crippen molar-refractivity contribution in [2.24, 2.45) is 0 Å². The molecule has 0 bridgehead atoms. The normalized spacial score (nSPS) is 9.60. The van der Waals surface area contributed by atoms with Crippen molar-refractivity contribution in [2.75, 3.05) is 0 Å². The molecular formula is C11H8AgO3. The molecule has 0 saturated carbocycles. The van der Waals surface area contributed by atoms with E-state index in [-0.39, 0.29) is 33.7 Å². The third-order valence-electron chi connectivity index (χ3n) is 2.09. The zero-order valence-corrected chi connectivity index (χ0v) is 9.05. The number of carboxylic acids is 1. The maximum atomic E-state index is 10.7. The van der Waals surface area contributed by atoms with Gasteiger partial charge in [0, 0.05) is 22.4 Å². The fraction of sp³-hybridized carbons (Fsp3) is 0. The summed E-state index contributed by atoms with van der Waals surface area (Å²) in [5.41, 5.74) is -0.0660. The van der Waals surface area contributed by atoms with E-state index in [1.54, 1.807) is 6.07 Å². The van der Waals surface area contributed by atoms with Crippen LogP contribution >= 0.6 is 0 Å². The van der Waals surface area contributed by atoms with Crippen LogP contribution < -0.4 is 0 Å². The van der Waals surface area contributed by atoms with Gasteiger partial charge in [0.15, 0.2) is 0 Å². The van der Waals surface area contributed by atoms with Crippen molar-refractivity contribution < 1.29 is 37.4 Å². The number of aromatic carboxylic acids is 1. The molecule has 0 spiro atoms. The van der Waals surface area contributed by atoms with Crippen LogP contribution in [0.1, 0.15) is 10.4 Å². The van der Waals surface area contributed by atoms with Gasteiger partial charge in [-0.15, -0.1) is 0 Å². The van der Waals surface area contributed by atoms with Crippen LogP contribution in [0.25, 0.3) is 10.8 Å². The molecule has 15 heavy (non-hydrogen) atoms. The number of hydrogen-bond donors (Lipinski definition) is 2. The Kier molecular flexibility index (Phi) is 3.52. The fourth-order valence-corrected chi connectivity index (χ4v) is 1.40. The molecule has 81 valence electrons. The summed E-state index contributed by atoms with van der Waals surface area (Å²) in [6, 6.07) is 10.2. The Labute approximate surface area is 102 Å². The van der Waals surface area contributed by atoms with Gasteiger partial charge in [0.25, 0.3) is 0 Å². The summed E-state index contributed by atoms with van der Waals surface area (Å²) in [7, 11) is 0. The first kappa shape index (κ1) is 11.8. The summed E-state index contributed by atoms with van der Waals surface area (Å²) in [5, 5.41) is 19.8. The molecule has 0 unspecified atom stereocenters. The maximum absolute atomic E-state index is 10.7. The summed E-state index contributed by atoms with van der Waals surface area (Å²) in [6.07, 6.45) is 0. The van der Waals surface area contributed by atoms with Crippen molar-refractivity contribution in [1.29, 1.82) is 0 Å². The Morgan fingerprint density at radius 3 is 2.13 bits per heavy atom. The topological polar surface area (TPSA) is 57.5 Å². The Bertz CT molecular complexity index is 508. The van der Waals surface area contributed by atoms with Crippen LogP contribution in [0.4, 0.5) is 0 Å². The van der Waals surface area contributed by atoms with Crippen LogP contribution in [-0.4, -0.2) is 16.2 Å². The molecule has 0 amide bonds. The van der Waals surface area contributed by atoms with Gasteiger partial charge in [-0.2, -0.15) is 0 Å². The zero-order chi connectivity index (χ0) is 10.1. The van der Waals surface area contributed by atoms with E-state index in [4.69, 9.17) is 5.11 Å². The molecule has 0 atom stereocenters. The minimum absolute atomic E-state index is 0. The van der Waals surface area contributed by atoms with E-state index in [0.717, 1.165) is 10.8 Å². The second-order valence-corrected chi connectivity index (χ2v) is 3.02. The van der Waals surface area contributed by atoms with Gasteiger partial charge in [-0.1, -0.05) is 24.3 Å². The molecule has 0 heterocycles. The van der Waals surface area contributed by atoms with E-state index in [2.05, 4.69) is 0 Å². The summed E-state index contributed by atoms with van der Waals surface area (Å²) < 4.78 is 0. The SMILES string of the molecule is O=C(O)c1cc2ccccc2cc1O.[Ag]. The molecule has 0 fully saturated rings. The largest absolute Gasteiger partial charge is 0.507 e. The Hall–Kier alpha value is -1.29. The molecule has 2 N–H and O–H groups in total. The number of benzene rings is 2. The molecule has 2 aromatic rings. The Morgan fingerprint density at radius 2 is 1.60 bits per heavy atom. The van der Waals surface area contributed by atoms with Gasteiger partial charge < -0.3 is 10.2 Å². The Morgan fingerprint density at radius 1 is 1.07 bits per heavy atom. The van der Waals surface area contributed by atoms with Crippen LogP contribution in [-0.2, 0) is 22.4 Å². The number of aromatic hydroxyl groups is 1. The summed E-state index contributed by atoms with van der Waals surface area (Å²) >= 11 is 0. The monoisotopic (exact) mass is 295 g/mol. The van der Waals surface area contributed by atoms with E-state index >= 15 is 0 Å². The molecule has 2 rings (SSSR count). The molecular weight excluding hydrogens is 288 g/mol. The molecule has 0 aliphatic heterocycles. The average Bonchev–Trinajstić information content (AvgIpc) is 2.16. The van der Waals surface area contributed by atoms with Crippen LogP contribution in [0, 0.1) is 0 Å². The minimum atomic E-state index is -1.12. The molecule has 3 nitrogen and oxygen atoms in total. The van der Waals surface area contributed by atoms with Gasteiger partial charge in [-0.05, 0) is 22.9 Å². The van der Waals surface area contributed by atoms with Gasteiger partial charge in [0.1, 0.15) is 11.3 Å². The average molecular weight is 296 g/mol. The third kappa shape index (κ3) is 2.21. The third-order valence-corrected chi connectivity index (χ3v) is 2.09. The van der Waals surface area contributed by atoms with Gasteiger partial charge in [-0.3, -0.25) is 0 Å². The molecule has 0 aromatic heterocycles. The first-order valence-corrected chi connectivity index (χ1v) is 4.13. The van der Waals surface area contributed by atoms with E-state index in [1.165, 1.54) is 12.1 Å². The zero-order valence-electron chi connectivity index (χ0n) is 7.57. The minimum Gasteiger partial charge on any atom is -0.507 e. The van der Waals surface area contributed by atoms with Gasteiger partial charge in [0.2, 0.25) is 0 Å². The number of rotatable bonds is 1. The second kappa shape index (κ2) is 4.49. The second-order valence-electron chi connectivity index (χ2n) is 3.02. The van der Waals surface area contributed by atoms with E-state index in [0.29, 0.717) is 0 Å². The van der Waals surface area contributed by atoms with Crippen LogP contribution in [0.3, 0.4) is 0 Å². The predicted molar refractivity (Wildman–Crippen MR) is 52.6 cm³/mol. The Balaban J connectivity index is 0.00000112. The summed E-state index contributed by atoms with van der Waals surface area (Å²) in [6.45, 7) is 0. The van der Waals surface area contributed by atoms with Crippen LogP contribution in [0.15, 0.2) is 36.4 Å². The molecule has 0 aliphatic carbocycles. The number of hydrogen-bond acceptors (Lipinski definition) is 2. The number of fused-ring (bicyclic) bond motifs is 1. The number of phenols is 1. The maximum Gasteiger partial charge on any atom is 0.339 e. The molecule has 0 aliphatic rings. The van der Waals surface area contributed by atoms with Crippen molar-refractivity contribution in [1.82, 2.24) is 0 Å². The van der Waals surface area contributed by atoms with Gasteiger partial charge in [0.05, 0.1) is 0 Å². The fourth-order valence-electron chi connectivity index (χ4n) is 1.40. The van der Waals surface area contributed by atoms with Crippen molar-refractivity contribution in [2.45, 2.75) is 0 Å². The van der Waals surface area contributed by atoms with Gasteiger partial charge in [-0.25, -0.2) is 4.79 Å². The van der Waals surface area contributed by atoms with Crippen molar-refractivity contribution in [3.8, 4) is 5.75 Å².